The van der Waals surface area contributed by atoms with Crippen LogP contribution in [0.15, 0.2) is 34.3 Å². The van der Waals surface area contributed by atoms with Gasteiger partial charge in [0.25, 0.3) is 0 Å². The largest absolute Gasteiger partial charge is 0.300 e. The Balaban J connectivity index is 2.58. The van der Waals surface area contributed by atoms with Crippen molar-refractivity contribution in [3.63, 3.8) is 0 Å². The van der Waals surface area contributed by atoms with Crippen LogP contribution in [0.5, 0.6) is 0 Å². The third-order valence-corrected chi connectivity index (χ3v) is 3.42. The molecule has 0 spiro atoms. The monoisotopic (exact) mass is 292 g/mol. The Morgan fingerprint density at radius 3 is 2.18 bits per heavy atom. The molecule has 1 aromatic carbocycles. The summed E-state index contributed by atoms with van der Waals surface area (Å²) in [6.45, 7) is 1.39. The van der Waals surface area contributed by atoms with Crippen molar-refractivity contribution in [2.75, 3.05) is 0 Å². The molecule has 0 atom stereocenters. The predicted molar refractivity (Wildman–Crippen MR) is 66.4 cm³/mol. The van der Waals surface area contributed by atoms with Gasteiger partial charge in [0.1, 0.15) is 5.78 Å². The highest BCUT2D eigenvalue weighted by molar-refractivity contribution is 9.12. The maximum atomic E-state index is 12.1. The molecule has 0 N–H and O–H groups in total. The van der Waals surface area contributed by atoms with E-state index in [9.17, 15) is 14.4 Å². The van der Waals surface area contributed by atoms with E-state index in [1.54, 1.807) is 24.3 Å². The fourth-order valence-electron chi connectivity index (χ4n) is 1.80. The van der Waals surface area contributed by atoms with Crippen LogP contribution in [0, 0.1) is 0 Å². The highest BCUT2D eigenvalue weighted by Gasteiger charge is 2.30. The van der Waals surface area contributed by atoms with Crippen LogP contribution in [0.4, 0.5) is 0 Å². The average molecular weight is 293 g/mol. The summed E-state index contributed by atoms with van der Waals surface area (Å²) >= 11 is 3.12. The van der Waals surface area contributed by atoms with E-state index < -0.39 is 0 Å². The van der Waals surface area contributed by atoms with Crippen molar-refractivity contribution >= 4 is 33.3 Å². The maximum Gasteiger partial charge on any atom is 0.201 e. The highest BCUT2D eigenvalue weighted by atomic mass is 79.9. The van der Waals surface area contributed by atoms with Gasteiger partial charge in [-0.3, -0.25) is 14.4 Å². The summed E-state index contributed by atoms with van der Waals surface area (Å²) in [7, 11) is 0. The Hall–Kier alpha value is -1.55. The lowest BCUT2D eigenvalue weighted by Gasteiger charge is -2.16. The predicted octanol–water partition coefficient (Wildman–Crippen LogP) is 2.69. The molecule has 0 aliphatic heterocycles. The number of hydrogen-bond acceptors (Lipinski definition) is 3. The van der Waals surface area contributed by atoms with Gasteiger partial charge in [-0.1, -0.05) is 24.3 Å². The van der Waals surface area contributed by atoms with Gasteiger partial charge >= 0.3 is 0 Å². The van der Waals surface area contributed by atoms with Crippen molar-refractivity contribution < 1.29 is 14.4 Å². The van der Waals surface area contributed by atoms with Gasteiger partial charge in [0, 0.05) is 23.1 Å². The molecule has 0 heterocycles. The van der Waals surface area contributed by atoms with Crippen LogP contribution in [0.2, 0.25) is 0 Å². The first kappa shape index (κ1) is 11.9. The van der Waals surface area contributed by atoms with Crippen molar-refractivity contribution in [2.45, 2.75) is 13.3 Å². The van der Waals surface area contributed by atoms with E-state index in [1.807, 2.05) is 0 Å². The van der Waals surface area contributed by atoms with Crippen molar-refractivity contribution in [2.24, 2.45) is 0 Å². The molecule has 0 amide bonds. The minimum absolute atomic E-state index is 0.0144. The molecule has 86 valence electrons. The first-order valence-electron chi connectivity index (χ1n) is 5.09. The van der Waals surface area contributed by atoms with Gasteiger partial charge in [0.05, 0.1) is 4.48 Å². The maximum absolute atomic E-state index is 12.1. The third-order valence-electron chi connectivity index (χ3n) is 2.58. The van der Waals surface area contributed by atoms with E-state index in [2.05, 4.69) is 15.9 Å². The topological polar surface area (TPSA) is 51.2 Å². The number of ketones is 3. The molecule has 3 nitrogen and oxygen atoms in total. The molecule has 0 bridgehead atoms. The first-order valence-corrected chi connectivity index (χ1v) is 5.88. The molecular weight excluding hydrogens is 284 g/mol. The number of Topliss-reactive ketones (excluding diaryl/α,β-unsaturated/α-hetero) is 3. The van der Waals surface area contributed by atoms with E-state index in [4.69, 9.17) is 0 Å². The van der Waals surface area contributed by atoms with Crippen molar-refractivity contribution in [1.82, 2.24) is 0 Å². The van der Waals surface area contributed by atoms with Crippen molar-refractivity contribution in [3.8, 4) is 0 Å². The second-order valence-electron chi connectivity index (χ2n) is 3.88. The number of fused-ring (bicyclic) bond motifs is 1. The van der Waals surface area contributed by atoms with Crippen LogP contribution in [0.1, 0.15) is 34.1 Å². The van der Waals surface area contributed by atoms with Gasteiger partial charge in [0.15, 0.2) is 5.78 Å². The van der Waals surface area contributed by atoms with Gasteiger partial charge in [0.2, 0.25) is 5.78 Å². The summed E-state index contributed by atoms with van der Waals surface area (Å²) in [5.74, 6) is -0.629. The molecule has 0 radical (unpaired) electrons. The van der Waals surface area contributed by atoms with Gasteiger partial charge < -0.3 is 0 Å². The number of allylic oxidation sites excluding steroid dienone is 2. The molecule has 17 heavy (non-hydrogen) atoms. The summed E-state index contributed by atoms with van der Waals surface area (Å²) < 4.78 is 0.205. The summed E-state index contributed by atoms with van der Waals surface area (Å²) in [4.78, 5) is 35.2. The second kappa shape index (κ2) is 4.37. The molecule has 1 aliphatic carbocycles. The minimum Gasteiger partial charge on any atom is -0.300 e. The van der Waals surface area contributed by atoms with E-state index in [0.717, 1.165) is 0 Å². The zero-order valence-electron chi connectivity index (χ0n) is 9.12. The van der Waals surface area contributed by atoms with E-state index in [-0.39, 0.29) is 33.8 Å². The van der Waals surface area contributed by atoms with Crippen molar-refractivity contribution in [1.29, 1.82) is 0 Å². The van der Waals surface area contributed by atoms with Crippen LogP contribution in [-0.4, -0.2) is 17.3 Å². The molecule has 0 aromatic heterocycles. The zero-order chi connectivity index (χ0) is 12.6. The summed E-state index contributed by atoms with van der Waals surface area (Å²) in [5.41, 5.74) is 1.01. The lowest BCUT2D eigenvalue weighted by atomic mass is 9.87. The standard InChI is InChI=1S/C13H9BrO3/c1-7(15)6-10-11(14)13(17)9-5-3-2-4-8(9)12(10)16/h2-5H,6H2,1H3. The fourth-order valence-corrected chi connectivity index (χ4v) is 2.34. The highest BCUT2D eigenvalue weighted by Crippen LogP contribution is 2.31. The normalized spacial score (nSPS) is 14.9. The molecule has 0 saturated carbocycles. The molecular formula is C13H9BrO3. The Labute approximate surface area is 107 Å². The smallest absolute Gasteiger partial charge is 0.201 e. The Morgan fingerprint density at radius 1 is 1.12 bits per heavy atom. The number of benzene rings is 1. The quantitative estimate of drug-likeness (QED) is 0.842. The molecule has 1 aliphatic rings. The Morgan fingerprint density at radius 2 is 1.65 bits per heavy atom. The molecule has 0 fully saturated rings. The molecule has 2 rings (SSSR count). The fraction of sp³-hybridized carbons (Fsp3) is 0.154. The SMILES string of the molecule is CC(=O)CC1=C(Br)C(=O)c2ccccc2C1=O. The van der Waals surface area contributed by atoms with Crippen LogP contribution in [0.25, 0.3) is 0 Å². The minimum atomic E-state index is -0.248. The lowest BCUT2D eigenvalue weighted by Crippen LogP contribution is -2.20. The average Bonchev–Trinajstić information content (AvgIpc) is 2.31. The molecule has 1 aromatic rings. The van der Waals surface area contributed by atoms with Crippen LogP contribution < -0.4 is 0 Å². The number of hydrogen-bond donors (Lipinski definition) is 0. The number of carbonyl (C=O) groups excluding carboxylic acids is 3. The third kappa shape index (κ3) is 2.00. The van der Waals surface area contributed by atoms with Crippen LogP contribution in [0.3, 0.4) is 0 Å². The second-order valence-corrected chi connectivity index (χ2v) is 4.67. The first-order chi connectivity index (χ1) is 8.02. The van der Waals surface area contributed by atoms with Crippen molar-refractivity contribution in [3.05, 3.63) is 45.4 Å². The van der Waals surface area contributed by atoms with Crippen LogP contribution >= 0.6 is 15.9 Å². The summed E-state index contributed by atoms with van der Waals surface area (Å²) in [6, 6.07) is 6.63. The van der Waals surface area contributed by atoms with Gasteiger partial charge in [-0.05, 0) is 22.9 Å². The number of halogens is 1. The summed E-state index contributed by atoms with van der Waals surface area (Å²) in [5, 5.41) is 0. The summed E-state index contributed by atoms with van der Waals surface area (Å²) in [6.07, 6.45) is -0.0144. The van der Waals surface area contributed by atoms with Gasteiger partial charge in [-0.25, -0.2) is 0 Å². The molecule has 0 unspecified atom stereocenters. The number of rotatable bonds is 2. The zero-order valence-corrected chi connectivity index (χ0v) is 10.7. The Bertz CT molecular complexity index is 570. The van der Waals surface area contributed by atoms with E-state index >= 15 is 0 Å². The van der Waals surface area contributed by atoms with E-state index in [0.29, 0.717) is 11.1 Å². The van der Waals surface area contributed by atoms with E-state index in [1.165, 1.54) is 6.92 Å². The Kier molecular flexibility index (Phi) is 3.07. The van der Waals surface area contributed by atoms with Crippen LogP contribution in [-0.2, 0) is 4.79 Å². The van der Waals surface area contributed by atoms with Gasteiger partial charge in [-0.15, -0.1) is 0 Å². The lowest BCUT2D eigenvalue weighted by molar-refractivity contribution is -0.116. The van der Waals surface area contributed by atoms with Gasteiger partial charge in [-0.2, -0.15) is 0 Å². The molecule has 4 heteroatoms. The molecule has 0 saturated heterocycles. The number of carbonyl (C=O) groups is 3.